The Hall–Kier alpha value is -1.32. The standard InChI is InChI=1S/C13H11ClO2S/c1-8-5-9(7-10(14)6-8)12(15)13-11(16-2)3-4-17-13/h3-7H,1-2H3. The summed E-state index contributed by atoms with van der Waals surface area (Å²) < 4.78 is 5.15. The maximum Gasteiger partial charge on any atom is 0.206 e. The molecule has 4 heteroatoms. The molecule has 0 aliphatic heterocycles. The van der Waals surface area contributed by atoms with E-state index in [-0.39, 0.29) is 5.78 Å². The Labute approximate surface area is 109 Å². The van der Waals surface area contributed by atoms with Crippen molar-refractivity contribution in [3.05, 3.63) is 50.7 Å². The second kappa shape index (κ2) is 4.90. The van der Waals surface area contributed by atoms with Gasteiger partial charge in [-0.3, -0.25) is 4.79 Å². The second-order valence-corrected chi connectivity index (χ2v) is 5.02. The van der Waals surface area contributed by atoms with E-state index in [0.717, 1.165) is 5.56 Å². The molecule has 0 N–H and O–H groups in total. The van der Waals surface area contributed by atoms with Crippen molar-refractivity contribution in [2.75, 3.05) is 7.11 Å². The molecular weight excluding hydrogens is 256 g/mol. The van der Waals surface area contributed by atoms with Gasteiger partial charge in [-0.05, 0) is 42.1 Å². The first kappa shape index (κ1) is 12.1. The van der Waals surface area contributed by atoms with Crippen LogP contribution in [0.1, 0.15) is 20.8 Å². The highest BCUT2D eigenvalue weighted by Crippen LogP contribution is 2.28. The van der Waals surface area contributed by atoms with Gasteiger partial charge in [-0.15, -0.1) is 11.3 Å². The quantitative estimate of drug-likeness (QED) is 0.787. The minimum atomic E-state index is -0.0533. The molecule has 1 heterocycles. The Morgan fingerprint density at radius 1 is 1.35 bits per heavy atom. The van der Waals surface area contributed by atoms with Crippen LogP contribution in [0.3, 0.4) is 0 Å². The Balaban J connectivity index is 2.43. The third-order valence-electron chi connectivity index (χ3n) is 2.36. The van der Waals surface area contributed by atoms with E-state index in [1.165, 1.54) is 11.3 Å². The van der Waals surface area contributed by atoms with Crippen molar-refractivity contribution in [3.8, 4) is 5.75 Å². The molecule has 1 aromatic carbocycles. The molecule has 0 saturated heterocycles. The number of ketones is 1. The van der Waals surface area contributed by atoms with E-state index >= 15 is 0 Å². The van der Waals surface area contributed by atoms with Crippen molar-refractivity contribution in [1.29, 1.82) is 0 Å². The molecule has 2 aromatic rings. The van der Waals surface area contributed by atoms with Crippen molar-refractivity contribution >= 4 is 28.7 Å². The van der Waals surface area contributed by atoms with Crippen LogP contribution in [0.2, 0.25) is 5.02 Å². The van der Waals surface area contributed by atoms with E-state index in [2.05, 4.69) is 0 Å². The topological polar surface area (TPSA) is 26.3 Å². The molecule has 0 aliphatic rings. The van der Waals surface area contributed by atoms with E-state index in [1.807, 2.05) is 24.4 Å². The number of benzene rings is 1. The molecule has 88 valence electrons. The lowest BCUT2D eigenvalue weighted by Crippen LogP contribution is -2.01. The van der Waals surface area contributed by atoms with Gasteiger partial charge in [0.25, 0.3) is 0 Å². The normalized spacial score (nSPS) is 10.3. The van der Waals surface area contributed by atoms with Gasteiger partial charge in [-0.1, -0.05) is 11.6 Å². The summed E-state index contributed by atoms with van der Waals surface area (Å²) in [5.41, 5.74) is 1.56. The van der Waals surface area contributed by atoms with Crippen LogP contribution >= 0.6 is 22.9 Å². The molecule has 0 amide bonds. The summed E-state index contributed by atoms with van der Waals surface area (Å²) >= 11 is 7.32. The van der Waals surface area contributed by atoms with E-state index in [0.29, 0.717) is 21.2 Å². The Kier molecular flexibility index (Phi) is 3.50. The average molecular weight is 267 g/mol. The molecule has 2 nitrogen and oxygen atoms in total. The summed E-state index contributed by atoms with van der Waals surface area (Å²) in [6.45, 7) is 1.91. The average Bonchev–Trinajstić information content (AvgIpc) is 2.74. The molecule has 0 unspecified atom stereocenters. The Bertz CT molecular complexity index is 540. The number of hydrogen-bond donors (Lipinski definition) is 0. The van der Waals surface area contributed by atoms with Gasteiger partial charge in [-0.2, -0.15) is 0 Å². The number of halogens is 1. The highest BCUT2D eigenvalue weighted by atomic mass is 35.5. The van der Waals surface area contributed by atoms with E-state index in [9.17, 15) is 4.79 Å². The zero-order valence-electron chi connectivity index (χ0n) is 9.49. The van der Waals surface area contributed by atoms with Crippen LogP contribution in [0.4, 0.5) is 0 Å². The molecule has 1 aromatic heterocycles. The van der Waals surface area contributed by atoms with Gasteiger partial charge in [-0.25, -0.2) is 0 Å². The number of carbonyl (C=O) groups is 1. The largest absolute Gasteiger partial charge is 0.495 e. The van der Waals surface area contributed by atoms with Crippen LogP contribution in [0.5, 0.6) is 5.75 Å². The van der Waals surface area contributed by atoms with Crippen LogP contribution in [-0.2, 0) is 0 Å². The molecule has 0 aliphatic carbocycles. The molecule has 0 radical (unpaired) electrons. The summed E-state index contributed by atoms with van der Waals surface area (Å²) in [6.07, 6.45) is 0. The SMILES string of the molecule is COc1ccsc1C(=O)c1cc(C)cc(Cl)c1. The minimum absolute atomic E-state index is 0.0533. The lowest BCUT2D eigenvalue weighted by molar-refractivity contribution is 0.104. The molecule has 2 rings (SSSR count). The first-order valence-corrected chi connectivity index (χ1v) is 6.31. The van der Waals surface area contributed by atoms with Gasteiger partial charge in [0.15, 0.2) is 0 Å². The molecular formula is C13H11ClO2S. The maximum absolute atomic E-state index is 12.3. The van der Waals surface area contributed by atoms with Crippen LogP contribution in [0.25, 0.3) is 0 Å². The van der Waals surface area contributed by atoms with Crippen molar-refractivity contribution in [3.63, 3.8) is 0 Å². The molecule has 0 fully saturated rings. The first-order chi connectivity index (χ1) is 8.11. The maximum atomic E-state index is 12.3. The van der Waals surface area contributed by atoms with Gasteiger partial charge in [0.2, 0.25) is 5.78 Å². The first-order valence-electron chi connectivity index (χ1n) is 5.05. The summed E-state index contributed by atoms with van der Waals surface area (Å²) in [7, 11) is 1.56. The monoisotopic (exact) mass is 266 g/mol. The predicted octanol–water partition coefficient (Wildman–Crippen LogP) is 3.95. The Morgan fingerprint density at radius 3 is 2.76 bits per heavy atom. The van der Waals surface area contributed by atoms with E-state index in [4.69, 9.17) is 16.3 Å². The lowest BCUT2D eigenvalue weighted by atomic mass is 10.1. The number of hydrogen-bond acceptors (Lipinski definition) is 3. The number of rotatable bonds is 3. The van der Waals surface area contributed by atoms with Gasteiger partial charge >= 0.3 is 0 Å². The van der Waals surface area contributed by atoms with Gasteiger partial charge in [0, 0.05) is 10.6 Å². The molecule has 0 spiro atoms. The Morgan fingerprint density at radius 2 is 2.12 bits per heavy atom. The minimum Gasteiger partial charge on any atom is -0.495 e. The molecule has 0 saturated carbocycles. The van der Waals surface area contributed by atoms with Gasteiger partial charge in [0.1, 0.15) is 10.6 Å². The number of methoxy groups -OCH3 is 1. The lowest BCUT2D eigenvalue weighted by Gasteiger charge is -2.04. The summed E-state index contributed by atoms with van der Waals surface area (Å²) in [5, 5.41) is 2.41. The van der Waals surface area contributed by atoms with Crippen molar-refractivity contribution in [2.45, 2.75) is 6.92 Å². The zero-order valence-corrected chi connectivity index (χ0v) is 11.1. The summed E-state index contributed by atoms with van der Waals surface area (Å²) in [4.78, 5) is 12.9. The van der Waals surface area contributed by atoms with Crippen LogP contribution < -0.4 is 4.74 Å². The summed E-state index contributed by atoms with van der Waals surface area (Å²) in [6, 6.07) is 7.11. The summed E-state index contributed by atoms with van der Waals surface area (Å²) in [5.74, 6) is 0.556. The second-order valence-electron chi connectivity index (χ2n) is 3.66. The zero-order chi connectivity index (χ0) is 12.4. The number of thiophene rings is 1. The van der Waals surface area contributed by atoms with Crippen LogP contribution in [0.15, 0.2) is 29.6 Å². The van der Waals surface area contributed by atoms with Crippen LogP contribution in [0, 0.1) is 6.92 Å². The number of ether oxygens (including phenoxy) is 1. The third-order valence-corrected chi connectivity index (χ3v) is 3.47. The molecule has 0 bridgehead atoms. The molecule has 17 heavy (non-hydrogen) atoms. The van der Waals surface area contributed by atoms with Crippen LogP contribution in [-0.4, -0.2) is 12.9 Å². The van der Waals surface area contributed by atoms with Gasteiger partial charge in [0.05, 0.1) is 7.11 Å². The third kappa shape index (κ3) is 2.51. The predicted molar refractivity (Wildman–Crippen MR) is 70.5 cm³/mol. The van der Waals surface area contributed by atoms with Crippen molar-refractivity contribution < 1.29 is 9.53 Å². The number of carbonyl (C=O) groups excluding carboxylic acids is 1. The number of aryl methyl sites for hydroxylation is 1. The smallest absolute Gasteiger partial charge is 0.206 e. The fourth-order valence-corrected chi connectivity index (χ4v) is 2.73. The van der Waals surface area contributed by atoms with Gasteiger partial charge < -0.3 is 4.74 Å². The molecule has 0 atom stereocenters. The fourth-order valence-electron chi connectivity index (χ4n) is 1.62. The van der Waals surface area contributed by atoms with E-state index in [1.54, 1.807) is 19.2 Å². The van der Waals surface area contributed by atoms with E-state index < -0.39 is 0 Å². The highest BCUT2D eigenvalue weighted by Gasteiger charge is 2.16. The highest BCUT2D eigenvalue weighted by molar-refractivity contribution is 7.12. The van der Waals surface area contributed by atoms with Crippen molar-refractivity contribution in [2.24, 2.45) is 0 Å². The van der Waals surface area contributed by atoms with Crippen molar-refractivity contribution in [1.82, 2.24) is 0 Å². The fraction of sp³-hybridized carbons (Fsp3) is 0.154.